The fourth-order valence-electron chi connectivity index (χ4n) is 2.00. The number of fused-ring (bicyclic) bond motifs is 1. The molecule has 1 aliphatic rings. The number of hydrogen-bond donors (Lipinski definition) is 2. The van der Waals surface area contributed by atoms with Gasteiger partial charge in [0.2, 0.25) is 0 Å². The first-order valence-corrected chi connectivity index (χ1v) is 4.63. The summed E-state index contributed by atoms with van der Waals surface area (Å²) in [6.45, 7) is 0.487. The lowest BCUT2D eigenvalue weighted by Gasteiger charge is -2.30. The molecule has 0 spiro atoms. The molecule has 13 heavy (non-hydrogen) atoms. The van der Waals surface area contributed by atoms with Crippen molar-refractivity contribution in [1.29, 1.82) is 0 Å². The van der Waals surface area contributed by atoms with E-state index in [1.807, 2.05) is 0 Å². The van der Waals surface area contributed by atoms with Crippen LogP contribution in [0.5, 0.6) is 0 Å². The van der Waals surface area contributed by atoms with E-state index in [2.05, 4.69) is 5.16 Å². The average Bonchev–Trinajstić information content (AvgIpc) is 2.54. The molecule has 0 radical (unpaired) electrons. The maximum Gasteiger partial charge on any atom is 0.142 e. The molecule has 4 nitrogen and oxygen atoms in total. The second-order valence-corrected chi connectivity index (χ2v) is 3.59. The van der Waals surface area contributed by atoms with E-state index in [-0.39, 0.29) is 0 Å². The highest BCUT2D eigenvalue weighted by atomic mass is 16.5. The number of rotatable bonds is 2. The first kappa shape index (κ1) is 8.72. The van der Waals surface area contributed by atoms with E-state index < -0.39 is 5.60 Å². The van der Waals surface area contributed by atoms with Crippen molar-refractivity contribution in [1.82, 2.24) is 5.16 Å². The summed E-state index contributed by atoms with van der Waals surface area (Å²) >= 11 is 0. The molecular weight excluding hydrogens is 168 g/mol. The third kappa shape index (κ3) is 1.36. The molecule has 0 bridgehead atoms. The maximum absolute atomic E-state index is 10.2. The lowest BCUT2D eigenvalue weighted by Crippen LogP contribution is -2.32. The molecule has 1 aliphatic carbocycles. The highest BCUT2D eigenvalue weighted by molar-refractivity contribution is 5.24. The average molecular weight is 182 g/mol. The van der Waals surface area contributed by atoms with Gasteiger partial charge in [-0.15, -0.1) is 0 Å². The number of aryl methyl sites for hydroxylation is 1. The summed E-state index contributed by atoms with van der Waals surface area (Å²) in [7, 11) is 0. The van der Waals surface area contributed by atoms with Crippen LogP contribution in [-0.4, -0.2) is 16.8 Å². The van der Waals surface area contributed by atoms with E-state index in [9.17, 15) is 5.11 Å². The molecule has 0 amide bonds. The van der Waals surface area contributed by atoms with Crippen LogP contribution < -0.4 is 5.73 Å². The Kier molecular flexibility index (Phi) is 2.09. The van der Waals surface area contributed by atoms with Crippen molar-refractivity contribution in [3.63, 3.8) is 0 Å². The van der Waals surface area contributed by atoms with Crippen LogP contribution in [0, 0.1) is 0 Å². The molecular formula is C9H14N2O2. The van der Waals surface area contributed by atoms with Crippen LogP contribution in [0.4, 0.5) is 0 Å². The summed E-state index contributed by atoms with van der Waals surface area (Å²) < 4.78 is 5.05. The highest BCUT2D eigenvalue weighted by Gasteiger charge is 2.36. The van der Waals surface area contributed by atoms with Crippen LogP contribution in [0.2, 0.25) is 0 Å². The Balaban J connectivity index is 2.33. The molecule has 0 saturated heterocycles. The van der Waals surface area contributed by atoms with Gasteiger partial charge in [-0.3, -0.25) is 0 Å². The lowest BCUT2D eigenvalue weighted by atomic mass is 9.81. The molecule has 4 heteroatoms. The molecule has 1 aromatic heterocycles. The van der Waals surface area contributed by atoms with E-state index in [1.54, 1.807) is 6.20 Å². The van der Waals surface area contributed by atoms with Crippen molar-refractivity contribution in [2.45, 2.75) is 31.3 Å². The Hall–Kier alpha value is -0.870. The highest BCUT2D eigenvalue weighted by Crippen LogP contribution is 2.37. The van der Waals surface area contributed by atoms with E-state index in [0.717, 1.165) is 30.6 Å². The summed E-state index contributed by atoms with van der Waals surface area (Å²) in [4.78, 5) is 0. The Morgan fingerprint density at radius 3 is 3.31 bits per heavy atom. The van der Waals surface area contributed by atoms with Crippen LogP contribution in [-0.2, 0) is 12.0 Å². The van der Waals surface area contributed by atoms with E-state index in [1.165, 1.54) is 0 Å². The van der Waals surface area contributed by atoms with Crippen molar-refractivity contribution in [3.8, 4) is 0 Å². The number of aliphatic hydroxyl groups is 1. The third-order valence-corrected chi connectivity index (χ3v) is 2.70. The monoisotopic (exact) mass is 182 g/mol. The Morgan fingerprint density at radius 1 is 1.69 bits per heavy atom. The Bertz CT molecular complexity index is 298. The van der Waals surface area contributed by atoms with Gasteiger partial charge in [0.25, 0.3) is 0 Å². The van der Waals surface area contributed by atoms with Crippen LogP contribution in [0.25, 0.3) is 0 Å². The molecule has 1 atom stereocenters. The van der Waals surface area contributed by atoms with Gasteiger partial charge in [0, 0.05) is 12.0 Å². The summed E-state index contributed by atoms with van der Waals surface area (Å²) in [5, 5.41) is 13.9. The van der Waals surface area contributed by atoms with Crippen molar-refractivity contribution in [3.05, 3.63) is 17.5 Å². The fraction of sp³-hybridized carbons (Fsp3) is 0.667. The summed E-state index contributed by atoms with van der Waals surface area (Å²) in [6, 6.07) is 0. The molecule has 0 saturated carbocycles. The van der Waals surface area contributed by atoms with Gasteiger partial charge in [0.15, 0.2) is 0 Å². The van der Waals surface area contributed by atoms with Gasteiger partial charge in [0.1, 0.15) is 5.76 Å². The van der Waals surface area contributed by atoms with Gasteiger partial charge >= 0.3 is 0 Å². The zero-order chi connectivity index (χ0) is 9.31. The normalized spacial score (nSPS) is 27.2. The molecule has 0 aliphatic heterocycles. The Morgan fingerprint density at radius 2 is 2.54 bits per heavy atom. The van der Waals surface area contributed by atoms with Crippen molar-refractivity contribution < 1.29 is 9.63 Å². The SMILES string of the molecule is NCCC1(O)CCCc2oncc21. The molecule has 3 N–H and O–H groups in total. The third-order valence-electron chi connectivity index (χ3n) is 2.70. The second-order valence-electron chi connectivity index (χ2n) is 3.59. The van der Waals surface area contributed by atoms with Crippen molar-refractivity contribution >= 4 is 0 Å². The predicted molar refractivity (Wildman–Crippen MR) is 47.0 cm³/mol. The lowest BCUT2D eigenvalue weighted by molar-refractivity contribution is 0.0103. The summed E-state index contributed by atoms with van der Waals surface area (Å²) in [5.41, 5.74) is 5.51. The number of aromatic nitrogens is 1. The summed E-state index contributed by atoms with van der Waals surface area (Å²) in [6.07, 6.45) is 4.78. The van der Waals surface area contributed by atoms with Gasteiger partial charge in [-0.1, -0.05) is 5.16 Å². The maximum atomic E-state index is 10.2. The minimum absolute atomic E-state index is 0.487. The molecule has 0 aromatic carbocycles. The zero-order valence-corrected chi connectivity index (χ0v) is 7.49. The van der Waals surface area contributed by atoms with E-state index >= 15 is 0 Å². The quantitative estimate of drug-likeness (QED) is 0.700. The zero-order valence-electron chi connectivity index (χ0n) is 7.49. The van der Waals surface area contributed by atoms with Crippen molar-refractivity contribution in [2.24, 2.45) is 5.73 Å². The molecule has 0 fully saturated rings. The topological polar surface area (TPSA) is 72.3 Å². The minimum atomic E-state index is -0.789. The fourth-order valence-corrected chi connectivity index (χ4v) is 2.00. The largest absolute Gasteiger partial charge is 0.385 e. The van der Waals surface area contributed by atoms with Gasteiger partial charge < -0.3 is 15.4 Å². The van der Waals surface area contributed by atoms with Crippen molar-refractivity contribution in [2.75, 3.05) is 6.54 Å². The molecule has 1 heterocycles. The smallest absolute Gasteiger partial charge is 0.142 e. The van der Waals surface area contributed by atoms with Crippen LogP contribution >= 0.6 is 0 Å². The van der Waals surface area contributed by atoms with E-state index in [4.69, 9.17) is 10.3 Å². The first-order chi connectivity index (χ1) is 6.26. The van der Waals surface area contributed by atoms with Gasteiger partial charge in [0.05, 0.1) is 11.8 Å². The number of nitrogens with zero attached hydrogens (tertiary/aromatic N) is 1. The molecule has 2 rings (SSSR count). The number of hydrogen-bond acceptors (Lipinski definition) is 4. The van der Waals surface area contributed by atoms with Gasteiger partial charge in [-0.05, 0) is 25.8 Å². The molecule has 1 aromatic rings. The van der Waals surface area contributed by atoms with Crippen LogP contribution in [0.1, 0.15) is 30.6 Å². The minimum Gasteiger partial charge on any atom is -0.385 e. The Labute approximate surface area is 76.7 Å². The van der Waals surface area contributed by atoms with Crippen LogP contribution in [0.15, 0.2) is 10.7 Å². The molecule has 72 valence electrons. The summed E-state index contributed by atoms with van der Waals surface area (Å²) in [5.74, 6) is 0.821. The van der Waals surface area contributed by atoms with Gasteiger partial charge in [-0.2, -0.15) is 0 Å². The van der Waals surface area contributed by atoms with Crippen LogP contribution in [0.3, 0.4) is 0 Å². The predicted octanol–water partition coefficient (Wildman–Crippen LogP) is 0.547. The van der Waals surface area contributed by atoms with E-state index in [0.29, 0.717) is 13.0 Å². The first-order valence-electron chi connectivity index (χ1n) is 4.63. The standard InChI is InChI=1S/C9H14N2O2/c10-5-4-9(12)3-1-2-8-7(9)6-11-13-8/h6,12H,1-5,10H2. The molecule has 1 unspecified atom stereocenters. The second kappa shape index (κ2) is 3.12. The number of nitrogens with two attached hydrogens (primary N) is 1. The van der Waals surface area contributed by atoms with Gasteiger partial charge in [-0.25, -0.2) is 0 Å².